The number of rotatable bonds is 2. The number of imidazole rings is 2. The maximum atomic E-state index is 5.21. The highest BCUT2D eigenvalue weighted by molar-refractivity contribution is 6.24. The fourth-order valence-electron chi connectivity index (χ4n) is 10.9. The van der Waals surface area contributed by atoms with E-state index in [0.29, 0.717) is 0 Å². The van der Waals surface area contributed by atoms with Crippen LogP contribution in [0.3, 0.4) is 0 Å². The van der Waals surface area contributed by atoms with Crippen molar-refractivity contribution in [2.45, 2.75) is 0 Å². The monoisotopic (exact) mass is 788 g/mol. The topological polar surface area (TPSA) is 44.5 Å². The van der Waals surface area contributed by atoms with Crippen molar-refractivity contribution < 1.29 is 0 Å². The molecule has 0 saturated carbocycles. The van der Waals surface area contributed by atoms with Crippen LogP contribution in [0.15, 0.2) is 194 Å². The van der Waals surface area contributed by atoms with Crippen LogP contribution in [0.5, 0.6) is 0 Å². The number of pyridine rings is 2. The van der Waals surface area contributed by atoms with Crippen molar-refractivity contribution in [2.75, 3.05) is 0 Å². The molecule has 0 aliphatic carbocycles. The van der Waals surface area contributed by atoms with Crippen molar-refractivity contribution in [3.8, 4) is 11.4 Å². The predicted molar refractivity (Wildman–Crippen MR) is 258 cm³/mol. The first-order chi connectivity index (χ1) is 30.8. The lowest BCUT2D eigenvalue weighted by Gasteiger charge is -2.15. The molecule has 0 saturated heterocycles. The van der Waals surface area contributed by atoms with Crippen LogP contribution in [0.25, 0.3) is 132 Å². The zero-order valence-corrected chi connectivity index (χ0v) is 33.2. The first kappa shape index (κ1) is 32.4. The number of hydrogen-bond donors (Lipinski definition) is 0. The molecule has 6 aromatic heterocycles. The smallest absolute Gasteiger partial charge is 0.146 e. The van der Waals surface area contributed by atoms with Gasteiger partial charge in [0.05, 0.1) is 55.2 Å². The van der Waals surface area contributed by atoms with Crippen molar-refractivity contribution >= 4 is 120 Å². The van der Waals surface area contributed by atoms with Crippen LogP contribution in [-0.4, -0.2) is 27.9 Å². The van der Waals surface area contributed by atoms with Crippen molar-refractivity contribution in [3.63, 3.8) is 0 Å². The Bertz CT molecular complexity index is 4460. The number of nitrogens with zero attached hydrogens (tertiary/aromatic N) is 6. The molecule has 0 bridgehead atoms. The van der Waals surface area contributed by atoms with Crippen molar-refractivity contribution in [1.29, 1.82) is 0 Å². The van der Waals surface area contributed by atoms with Gasteiger partial charge < -0.3 is 9.13 Å². The van der Waals surface area contributed by atoms with Gasteiger partial charge >= 0.3 is 0 Å². The molecule has 15 aromatic rings. The molecule has 9 aromatic carbocycles. The van der Waals surface area contributed by atoms with Crippen LogP contribution in [0.1, 0.15) is 0 Å². The molecule has 6 heteroatoms. The number of aromatic nitrogens is 6. The van der Waals surface area contributed by atoms with Crippen LogP contribution in [0.2, 0.25) is 0 Å². The van der Waals surface area contributed by atoms with E-state index in [9.17, 15) is 0 Å². The van der Waals surface area contributed by atoms with E-state index in [0.717, 1.165) is 66.5 Å². The van der Waals surface area contributed by atoms with E-state index in [2.05, 4.69) is 212 Å². The number of fused-ring (bicyclic) bond motifs is 23. The summed E-state index contributed by atoms with van der Waals surface area (Å²) < 4.78 is 9.66. The van der Waals surface area contributed by atoms with Crippen molar-refractivity contribution in [3.05, 3.63) is 194 Å². The van der Waals surface area contributed by atoms with Crippen LogP contribution < -0.4 is 0 Å². The highest BCUT2D eigenvalue weighted by atomic mass is 15.1. The van der Waals surface area contributed by atoms with Crippen LogP contribution >= 0.6 is 0 Å². The molecule has 0 atom stereocenters. The molecule has 6 heterocycles. The Morgan fingerprint density at radius 1 is 0.258 bits per heavy atom. The Kier molecular flexibility index (Phi) is 6.07. The van der Waals surface area contributed by atoms with Gasteiger partial charge in [0.25, 0.3) is 0 Å². The summed E-state index contributed by atoms with van der Waals surface area (Å²) >= 11 is 0. The number of para-hydroxylation sites is 7. The Morgan fingerprint density at radius 3 is 1.23 bits per heavy atom. The third kappa shape index (κ3) is 4.04. The van der Waals surface area contributed by atoms with Crippen molar-refractivity contribution in [1.82, 2.24) is 27.9 Å². The molecule has 0 radical (unpaired) electrons. The van der Waals surface area contributed by atoms with Gasteiger partial charge in [0.2, 0.25) is 0 Å². The van der Waals surface area contributed by atoms with Gasteiger partial charge in [0.15, 0.2) is 0 Å². The summed E-state index contributed by atoms with van der Waals surface area (Å²) in [4.78, 5) is 10.4. The van der Waals surface area contributed by atoms with E-state index in [4.69, 9.17) is 9.97 Å². The third-order valence-corrected chi connectivity index (χ3v) is 13.5. The molecular formula is C56H32N6. The first-order valence-corrected chi connectivity index (χ1v) is 21.2. The minimum absolute atomic E-state index is 0.973. The van der Waals surface area contributed by atoms with Crippen molar-refractivity contribution in [2.24, 2.45) is 0 Å². The lowest BCUT2D eigenvalue weighted by Crippen LogP contribution is -2.00. The summed E-state index contributed by atoms with van der Waals surface area (Å²) in [5.41, 5.74) is 15.4. The van der Waals surface area contributed by atoms with Crippen LogP contribution in [-0.2, 0) is 0 Å². The Morgan fingerprint density at radius 2 is 0.645 bits per heavy atom. The fourth-order valence-corrected chi connectivity index (χ4v) is 10.9. The van der Waals surface area contributed by atoms with E-state index in [1.165, 1.54) is 65.2 Å². The molecule has 0 fully saturated rings. The van der Waals surface area contributed by atoms with Gasteiger partial charge in [-0.25, -0.2) is 9.97 Å². The highest BCUT2D eigenvalue weighted by Gasteiger charge is 2.23. The lowest BCUT2D eigenvalue weighted by atomic mass is 10.0. The van der Waals surface area contributed by atoms with E-state index >= 15 is 0 Å². The van der Waals surface area contributed by atoms with E-state index < -0.39 is 0 Å². The summed E-state index contributed by atoms with van der Waals surface area (Å²) in [6.45, 7) is 0. The zero-order chi connectivity index (χ0) is 40.2. The van der Waals surface area contributed by atoms with Gasteiger partial charge in [-0.15, -0.1) is 0 Å². The minimum Gasteiger partial charge on any atom is -0.307 e. The number of hydrogen-bond acceptors (Lipinski definition) is 2. The highest BCUT2D eigenvalue weighted by Crippen LogP contribution is 2.44. The normalized spacial score (nSPS) is 12.5. The van der Waals surface area contributed by atoms with Gasteiger partial charge in [0, 0.05) is 54.5 Å². The van der Waals surface area contributed by atoms with Gasteiger partial charge in [-0.1, -0.05) is 115 Å². The molecule has 0 unspecified atom stereocenters. The predicted octanol–water partition coefficient (Wildman–Crippen LogP) is 14.1. The Labute approximate surface area is 352 Å². The molecule has 0 aliphatic rings. The molecule has 0 spiro atoms. The maximum Gasteiger partial charge on any atom is 0.146 e. The summed E-state index contributed by atoms with van der Waals surface area (Å²) in [6.07, 6.45) is 0. The SMILES string of the molecule is c1ccc2c(c1)nc1c3ccc(-n4c5ccccc5c5ccc6c7ccccc7n(-c7ccc8c(c7)c7ccccc7c7nc9ccccc9n87)c6c54)cc3c3ccccc3n21. The van der Waals surface area contributed by atoms with Gasteiger partial charge in [-0.05, 0) is 89.6 Å². The molecule has 0 amide bonds. The Balaban J connectivity index is 1.08. The maximum absolute atomic E-state index is 5.21. The van der Waals surface area contributed by atoms with Gasteiger partial charge in [-0.2, -0.15) is 0 Å². The average Bonchev–Trinajstić information content (AvgIpc) is 4.10. The van der Waals surface area contributed by atoms with E-state index in [1.807, 2.05) is 0 Å². The van der Waals surface area contributed by atoms with Crippen LogP contribution in [0.4, 0.5) is 0 Å². The molecule has 286 valence electrons. The van der Waals surface area contributed by atoms with Gasteiger partial charge in [-0.3, -0.25) is 8.80 Å². The lowest BCUT2D eigenvalue weighted by molar-refractivity contribution is 1.15. The molecule has 0 N–H and O–H groups in total. The van der Waals surface area contributed by atoms with E-state index in [1.54, 1.807) is 0 Å². The first-order valence-electron chi connectivity index (χ1n) is 21.2. The number of benzene rings is 9. The summed E-state index contributed by atoms with van der Waals surface area (Å²) in [6, 6.07) is 70.7. The van der Waals surface area contributed by atoms with Crippen LogP contribution in [0, 0.1) is 0 Å². The Hall–Kier alpha value is -8.48. The second-order valence-corrected chi connectivity index (χ2v) is 16.6. The van der Waals surface area contributed by atoms with Gasteiger partial charge in [0.1, 0.15) is 11.3 Å². The molecule has 15 rings (SSSR count). The average molecular weight is 789 g/mol. The molecule has 62 heavy (non-hydrogen) atoms. The third-order valence-electron chi connectivity index (χ3n) is 13.5. The molecule has 0 aliphatic heterocycles. The molecule has 6 nitrogen and oxygen atoms in total. The summed E-state index contributed by atoms with van der Waals surface area (Å²) in [5.74, 6) is 0. The summed E-state index contributed by atoms with van der Waals surface area (Å²) in [5, 5.41) is 11.9. The van der Waals surface area contributed by atoms with E-state index in [-0.39, 0.29) is 0 Å². The quantitative estimate of drug-likeness (QED) is 0.164. The minimum atomic E-state index is 0.973. The summed E-state index contributed by atoms with van der Waals surface area (Å²) in [7, 11) is 0. The standard InChI is InChI=1S/C56H32N6/c1-2-17-41-35(13-1)44-32-34(26-30-50(44)62-52-24-12-7-19-46(52)57-55(41)62)60-48-21-9-4-15-37(48)40-29-28-39-36-14-3-8-20-47(36)59(53(39)54(40)60)33-25-27-42-43(31-33)38-16-5-10-22-49(38)61-51-23-11-6-18-45(51)58-56(42)61/h1-32H. The second kappa shape index (κ2) is 11.6. The second-order valence-electron chi connectivity index (χ2n) is 16.6. The molecular weight excluding hydrogens is 757 g/mol. The largest absolute Gasteiger partial charge is 0.307 e. The zero-order valence-electron chi connectivity index (χ0n) is 33.2. The fraction of sp³-hybridized carbons (Fsp3) is 0.